The van der Waals surface area contributed by atoms with Gasteiger partial charge in [-0.2, -0.15) is 0 Å². The van der Waals surface area contributed by atoms with Crippen molar-refractivity contribution in [3.8, 4) is 0 Å². The first-order valence-corrected chi connectivity index (χ1v) is 7.72. The van der Waals surface area contributed by atoms with Gasteiger partial charge in [0.1, 0.15) is 13.2 Å². The van der Waals surface area contributed by atoms with Crippen molar-refractivity contribution in [2.45, 2.75) is 46.3 Å². The Morgan fingerprint density at radius 3 is 1.70 bits per heavy atom. The highest BCUT2D eigenvalue weighted by molar-refractivity contribution is 5.81. The summed E-state index contributed by atoms with van der Waals surface area (Å²) >= 11 is 0. The first-order valence-electron chi connectivity index (χ1n) is 7.72. The molecule has 0 aromatic rings. The van der Waals surface area contributed by atoms with Gasteiger partial charge in [0, 0.05) is 25.4 Å². The summed E-state index contributed by atoms with van der Waals surface area (Å²) in [7, 11) is 0. The van der Waals surface area contributed by atoms with Crippen LogP contribution in [-0.4, -0.2) is 50.6 Å². The van der Waals surface area contributed by atoms with Crippen LogP contribution in [0.15, 0.2) is 25.3 Å². The van der Waals surface area contributed by atoms with E-state index in [-0.39, 0.29) is 12.2 Å². The van der Waals surface area contributed by atoms with E-state index in [1.165, 1.54) is 0 Å². The Kier molecular flexibility index (Phi) is 17.1. The fraction of sp³-hybridized carbons (Fsp3) is 0.647. The molecule has 0 aromatic heterocycles. The van der Waals surface area contributed by atoms with Crippen molar-refractivity contribution in [2.24, 2.45) is 0 Å². The van der Waals surface area contributed by atoms with E-state index in [1.54, 1.807) is 0 Å². The summed E-state index contributed by atoms with van der Waals surface area (Å²) in [5.74, 6) is -0.807. The van der Waals surface area contributed by atoms with Crippen LogP contribution >= 0.6 is 0 Å². The lowest BCUT2D eigenvalue weighted by Gasteiger charge is -2.11. The van der Waals surface area contributed by atoms with Gasteiger partial charge in [-0.05, 0) is 27.2 Å². The molecule has 23 heavy (non-hydrogen) atoms. The first kappa shape index (κ1) is 23.6. The van der Waals surface area contributed by atoms with Gasteiger partial charge in [0.05, 0.1) is 12.2 Å². The molecule has 6 nitrogen and oxygen atoms in total. The molecule has 0 aliphatic carbocycles. The summed E-state index contributed by atoms with van der Waals surface area (Å²) in [5.41, 5.74) is 0. The Balaban J connectivity index is 0. The molecule has 0 aliphatic heterocycles. The number of ether oxygens (including phenoxy) is 4. The van der Waals surface area contributed by atoms with Gasteiger partial charge in [-0.25, -0.2) is 9.59 Å². The van der Waals surface area contributed by atoms with E-state index >= 15 is 0 Å². The van der Waals surface area contributed by atoms with Crippen molar-refractivity contribution < 1.29 is 28.5 Å². The van der Waals surface area contributed by atoms with Crippen molar-refractivity contribution >= 4 is 11.9 Å². The monoisotopic (exact) mass is 330 g/mol. The minimum absolute atomic E-state index is 0.0335. The van der Waals surface area contributed by atoms with Crippen LogP contribution in [0.2, 0.25) is 0 Å². The molecule has 0 aromatic carbocycles. The van der Waals surface area contributed by atoms with Gasteiger partial charge in [0.25, 0.3) is 0 Å². The summed E-state index contributed by atoms with van der Waals surface area (Å²) in [6, 6.07) is 0. The van der Waals surface area contributed by atoms with Crippen molar-refractivity contribution in [2.75, 3.05) is 26.4 Å². The lowest BCUT2D eigenvalue weighted by atomic mass is 10.4. The predicted molar refractivity (Wildman–Crippen MR) is 89.1 cm³/mol. The van der Waals surface area contributed by atoms with E-state index in [4.69, 9.17) is 18.9 Å². The molecule has 0 fully saturated rings. The van der Waals surface area contributed by atoms with Crippen LogP contribution in [0, 0.1) is 0 Å². The topological polar surface area (TPSA) is 71.1 Å². The molecule has 6 heteroatoms. The van der Waals surface area contributed by atoms with E-state index in [2.05, 4.69) is 13.2 Å². The standard InChI is InChI=1S/C9H16O3.C8H14O3/c1-4-6-11-8(3)7-12-9(10)5-2;1-4-8(9)11-6-7(3)10-5-2/h5,8H,2,4,6-7H2,1,3H3;4,7H,1,5-6H2,2-3H3. The molecule has 0 rings (SSSR count). The highest BCUT2D eigenvalue weighted by Gasteiger charge is 2.04. The molecule has 0 amide bonds. The average Bonchev–Trinajstić information content (AvgIpc) is 2.56. The van der Waals surface area contributed by atoms with Crippen molar-refractivity contribution in [3.05, 3.63) is 25.3 Å². The first-order chi connectivity index (χ1) is 10.9. The van der Waals surface area contributed by atoms with Crippen LogP contribution in [-0.2, 0) is 28.5 Å². The highest BCUT2D eigenvalue weighted by Crippen LogP contribution is 1.94. The van der Waals surface area contributed by atoms with E-state index in [9.17, 15) is 9.59 Å². The quantitative estimate of drug-likeness (QED) is 0.428. The number of carbonyl (C=O) groups is 2. The van der Waals surface area contributed by atoms with Gasteiger partial charge in [0.15, 0.2) is 0 Å². The van der Waals surface area contributed by atoms with Gasteiger partial charge in [-0.3, -0.25) is 0 Å². The predicted octanol–water partition coefficient (Wildman–Crippen LogP) is 2.67. The second kappa shape index (κ2) is 16.7. The van der Waals surface area contributed by atoms with Crippen molar-refractivity contribution in [3.63, 3.8) is 0 Å². The molecule has 2 atom stereocenters. The largest absolute Gasteiger partial charge is 0.460 e. The number of hydrogen-bond donors (Lipinski definition) is 0. The van der Waals surface area contributed by atoms with Crippen LogP contribution < -0.4 is 0 Å². The van der Waals surface area contributed by atoms with Gasteiger partial charge in [-0.1, -0.05) is 20.1 Å². The maximum Gasteiger partial charge on any atom is 0.330 e. The summed E-state index contributed by atoms with van der Waals surface area (Å²) in [6.07, 6.45) is 3.18. The molecule has 134 valence electrons. The minimum atomic E-state index is -0.406. The Morgan fingerprint density at radius 1 is 0.913 bits per heavy atom. The third-order valence-electron chi connectivity index (χ3n) is 2.31. The zero-order valence-corrected chi connectivity index (χ0v) is 14.7. The number of rotatable bonds is 11. The van der Waals surface area contributed by atoms with Crippen LogP contribution in [0.5, 0.6) is 0 Å². The summed E-state index contributed by atoms with van der Waals surface area (Å²) in [5, 5.41) is 0. The minimum Gasteiger partial charge on any atom is -0.460 e. The SMILES string of the molecule is C=CC(=O)OCC(C)OCC.C=CC(=O)OCC(C)OCCC. The molecular formula is C17H30O6. The van der Waals surface area contributed by atoms with Gasteiger partial charge < -0.3 is 18.9 Å². The van der Waals surface area contributed by atoms with Crippen LogP contribution in [0.25, 0.3) is 0 Å². The lowest BCUT2D eigenvalue weighted by molar-refractivity contribution is -0.142. The van der Waals surface area contributed by atoms with Gasteiger partial charge in [-0.15, -0.1) is 0 Å². The molecule has 0 radical (unpaired) electrons. The summed E-state index contributed by atoms with van der Waals surface area (Å²) in [4.78, 5) is 21.1. The van der Waals surface area contributed by atoms with Crippen LogP contribution in [0.3, 0.4) is 0 Å². The van der Waals surface area contributed by atoms with E-state index in [0.717, 1.165) is 18.6 Å². The third kappa shape index (κ3) is 18.3. The highest BCUT2D eigenvalue weighted by atomic mass is 16.6. The maximum absolute atomic E-state index is 10.6. The fourth-order valence-corrected chi connectivity index (χ4v) is 1.22. The van der Waals surface area contributed by atoms with Gasteiger partial charge >= 0.3 is 11.9 Å². The van der Waals surface area contributed by atoms with Crippen LogP contribution in [0.4, 0.5) is 0 Å². The Labute approximate surface area is 139 Å². The molecule has 0 N–H and O–H groups in total. The zero-order valence-electron chi connectivity index (χ0n) is 14.7. The molecular weight excluding hydrogens is 300 g/mol. The second-order valence-corrected chi connectivity index (χ2v) is 4.62. The number of carbonyl (C=O) groups excluding carboxylic acids is 2. The molecule has 0 saturated carbocycles. The smallest absolute Gasteiger partial charge is 0.330 e. The Bertz CT molecular complexity index is 340. The van der Waals surface area contributed by atoms with E-state index in [0.29, 0.717) is 26.4 Å². The van der Waals surface area contributed by atoms with Crippen molar-refractivity contribution in [1.29, 1.82) is 0 Å². The molecule has 0 aliphatic rings. The maximum atomic E-state index is 10.6. The van der Waals surface area contributed by atoms with Gasteiger partial charge in [0.2, 0.25) is 0 Å². The second-order valence-electron chi connectivity index (χ2n) is 4.62. The molecule has 0 heterocycles. The molecule has 0 saturated heterocycles. The number of esters is 2. The molecule has 0 spiro atoms. The Morgan fingerprint density at radius 2 is 1.35 bits per heavy atom. The van der Waals surface area contributed by atoms with E-state index < -0.39 is 11.9 Å². The zero-order chi connectivity index (χ0) is 18.1. The van der Waals surface area contributed by atoms with Crippen LogP contribution in [0.1, 0.15) is 34.1 Å². The molecule has 0 bridgehead atoms. The lowest BCUT2D eigenvalue weighted by Crippen LogP contribution is -2.18. The Hall–Kier alpha value is -1.66. The summed E-state index contributed by atoms with van der Waals surface area (Å²) in [6.45, 7) is 16.1. The number of hydrogen-bond acceptors (Lipinski definition) is 6. The molecule has 2 unspecified atom stereocenters. The normalized spacial score (nSPS) is 12.2. The fourth-order valence-electron chi connectivity index (χ4n) is 1.22. The third-order valence-corrected chi connectivity index (χ3v) is 2.31. The average molecular weight is 330 g/mol. The van der Waals surface area contributed by atoms with E-state index in [1.807, 2.05) is 27.7 Å². The summed E-state index contributed by atoms with van der Waals surface area (Å²) < 4.78 is 19.9. The van der Waals surface area contributed by atoms with Crippen molar-refractivity contribution in [1.82, 2.24) is 0 Å².